The second-order valence-electron chi connectivity index (χ2n) is 4.92. The van der Waals surface area contributed by atoms with Crippen molar-refractivity contribution < 1.29 is 9.47 Å². The van der Waals surface area contributed by atoms with Gasteiger partial charge in [-0.1, -0.05) is 12.1 Å². The summed E-state index contributed by atoms with van der Waals surface area (Å²) in [5.74, 6) is 0.820. The van der Waals surface area contributed by atoms with Gasteiger partial charge in [0.25, 0.3) is 0 Å². The number of ether oxygens (including phenoxy) is 2. The minimum absolute atomic E-state index is 0.138. The Morgan fingerprint density at radius 1 is 1.32 bits per heavy atom. The van der Waals surface area contributed by atoms with E-state index in [-0.39, 0.29) is 12.1 Å². The molecule has 2 rings (SSSR count). The van der Waals surface area contributed by atoms with Gasteiger partial charge in [-0.3, -0.25) is 4.90 Å². The van der Waals surface area contributed by atoms with E-state index in [4.69, 9.17) is 9.47 Å². The summed E-state index contributed by atoms with van der Waals surface area (Å²) in [6.07, 6.45) is 0.138. The first-order valence-electron chi connectivity index (χ1n) is 6.68. The molecule has 1 unspecified atom stereocenters. The molecule has 0 N–H and O–H groups in total. The van der Waals surface area contributed by atoms with Crippen LogP contribution in [0.5, 0.6) is 5.75 Å². The maximum Gasteiger partial charge on any atom is 0.124 e. The number of nitrogens with zero attached hydrogens (tertiary/aromatic N) is 2. The Morgan fingerprint density at radius 3 is 2.68 bits per heavy atom. The van der Waals surface area contributed by atoms with Gasteiger partial charge in [0, 0.05) is 13.1 Å². The lowest BCUT2D eigenvalue weighted by atomic mass is 10.1. The molecular formula is C15H20N2O2. The summed E-state index contributed by atoms with van der Waals surface area (Å²) in [7, 11) is 0. The zero-order valence-electron chi connectivity index (χ0n) is 11.5. The highest BCUT2D eigenvalue weighted by atomic mass is 16.5. The summed E-state index contributed by atoms with van der Waals surface area (Å²) >= 11 is 0. The number of morpholine rings is 1. The molecule has 4 nitrogen and oxygen atoms in total. The Hall–Kier alpha value is -1.57. The maximum absolute atomic E-state index is 9.43. The standard InChI is InChI=1S/C15H20N2O2/c1-12(2)19-14-5-3-4-13(10-14)15(11-16)17-6-8-18-9-7-17/h3-5,10,12,15H,6-9H2,1-2H3. The van der Waals surface area contributed by atoms with E-state index in [9.17, 15) is 5.26 Å². The highest BCUT2D eigenvalue weighted by Gasteiger charge is 2.22. The lowest BCUT2D eigenvalue weighted by Gasteiger charge is -2.30. The summed E-state index contributed by atoms with van der Waals surface area (Å²) in [6.45, 7) is 6.98. The zero-order chi connectivity index (χ0) is 13.7. The van der Waals surface area contributed by atoms with Crippen molar-refractivity contribution in [3.8, 4) is 11.8 Å². The summed E-state index contributed by atoms with van der Waals surface area (Å²) < 4.78 is 11.0. The van der Waals surface area contributed by atoms with Crippen LogP contribution in [0, 0.1) is 11.3 Å². The van der Waals surface area contributed by atoms with Crippen molar-refractivity contribution in [3.05, 3.63) is 29.8 Å². The van der Waals surface area contributed by atoms with Gasteiger partial charge in [0.15, 0.2) is 0 Å². The van der Waals surface area contributed by atoms with Crippen molar-refractivity contribution >= 4 is 0 Å². The van der Waals surface area contributed by atoms with Crippen LogP contribution in [-0.4, -0.2) is 37.3 Å². The Kier molecular flexibility index (Phi) is 4.78. The van der Waals surface area contributed by atoms with E-state index in [0.29, 0.717) is 13.2 Å². The number of rotatable bonds is 4. The lowest BCUT2D eigenvalue weighted by molar-refractivity contribution is 0.0266. The molecule has 1 aromatic rings. The molecule has 1 saturated heterocycles. The van der Waals surface area contributed by atoms with Gasteiger partial charge in [-0.25, -0.2) is 0 Å². The van der Waals surface area contributed by atoms with Gasteiger partial charge in [0.05, 0.1) is 25.4 Å². The fraction of sp³-hybridized carbons (Fsp3) is 0.533. The molecule has 0 spiro atoms. The quantitative estimate of drug-likeness (QED) is 0.833. The molecule has 1 aliphatic rings. The third kappa shape index (κ3) is 3.69. The van der Waals surface area contributed by atoms with E-state index in [1.165, 1.54) is 0 Å². The summed E-state index contributed by atoms with van der Waals surface area (Å²) in [5, 5.41) is 9.43. The van der Waals surface area contributed by atoms with Crippen molar-refractivity contribution in [2.24, 2.45) is 0 Å². The first-order chi connectivity index (χ1) is 9.20. The molecule has 0 radical (unpaired) electrons. The Bertz CT molecular complexity index is 448. The van der Waals surface area contributed by atoms with E-state index in [1.807, 2.05) is 38.1 Å². The van der Waals surface area contributed by atoms with Gasteiger partial charge >= 0.3 is 0 Å². The summed E-state index contributed by atoms with van der Waals surface area (Å²) in [4.78, 5) is 2.15. The van der Waals surface area contributed by atoms with Gasteiger partial charge < -0.3 is 9.47 Å². The topological polar surface area (TPSA) is 45.5 Å². The molecule has 0 amide bonds. The van der Waals surface area contributed by atoms with Crippen molar-refractivity contribution in [1.29, 1.82) is 5.26 Å². The number of nitriles is 1. The van der Waals surface area contributed by atoms with Crippen LogP contribution in [0.25, 0.3) is 0 Å². The highest BCUT2D eigenvalue weighted by molar-refractivity contribution is 5.33. The Morgan fingerprint density at radius 2 is 2.05 bits per heavy atom. The van der Waals surface area contributed by atoms with Gasteiger partial charge in [0.2, 0.25) is 0 Å². The van der Waals surface area contributed by atoms with Gasteiger partial charge in [-0.2, -0.15) is 5.26 Å². The van der Waals surface area contributed by atoms with Gasteiger partial charge in [-0.15, -0.1) is 0 Å². The molecule has 1 atom stereocenters. The number of hydrogen-bond donors (Lipinski definition) is 0. The zero-order valence-corrected chi connectivity index (χ0v) is 11.5. The second kappa shape index (κ2) is 6.55. The van der Waals surface area contributed by atoms with E-state index in [1.54, 1.807) is 0 Å². The normalized spacial score (nSPS) is 18.0. The van der Waals surface area contributed by atoms with Crippen LogP contribution >= 0.6 is 0 Å². The summed E-state index contributed by atoms with van der Waals surface area (Å²) in [6, 6.07) is 9.98. The van der Waals surface area contributed by atoms with Crippen LogP contribution < -0.4 is 4.74 Å². The molecule has 4 heteroatoms. The average molecular weight is 260 g/mol. The van der Waals surface area contributed by atoms with Crippen LogP contribution in [0.4, 0.5) is 0 Å². The molecule has 0 aromatic heterocycles. The Labute approximate surface area is 114 Å². The van der Waals surface area contributed by atoms with Crippen molar-refractivity contribution in [3.63, 3.8) is 0 Å². The molecule has 1 aromatic carbocycles. The van der Waals surface area contributed by atoms with Crippen LogP contribution in [0.2, 0.25) is 0 Å². The molecule has 0 aliphatic carbocycles. The van der Waals surface area contributed by atoms with Crippen LogP contribution in [0.15, 0.2) is 24.3 Å². The molecule has 1 fully saturated rings. The largest absolute Gasteiger partial charge is 0.491 e. The van der Waals surface area contributed by atoms with E-state index in [0.717, 1.165) is 24.4 Å². The SMILES string of the molecule is CC(C)Oc1cccc(C(C#N)N2CCOCC2)c1. The predicted octanol–water partition coefficient (Wildman–Crippen LogP) is 2.37. The third-order valence-electron chi connectivity index (χ3n) is 3.08. The van der Waals surface area contributed by atoms with Crippen molar-refractivity contribution in [2.75, 3.05) is 26.3 Å². The van der Waals surface area contributed by atoms with Crippen LogP contribution in [-0.2, 0) is 4.74 Å². The summed E-state index contributed by atoms with van der Waals surface area (Å²) in [5.41, 5.74) is 0.988. The molecule has 19 heavy (non-hydrogen) atoms. The van der Waals surface area contributed by atoms with Crippen LogP contribution in [0.1, 0.15) is 25.5 Å². The van der Waals surface area contributed by atoms with Crippen LogP contribution in [0.3, 0.4) is 0 Å². The molecular weight excluding hydrogens is 240 g/mol. The van der Waals surface area contributed by atoms with E-state index >= 15 is 0 Å². The molecule has 0 bridgehead atoms. The van der Waals surface area contributed by atoms with E-state index in [2.05, 4.69) is 11.0 Å². The first-order valence-corrected chi connectivity index (χ1v) is 6.68. The third-order valence-corrected chi connectivity index (χ3v) is 3.08. The fourth-order valence-electron chi connectivity index (χ4n) is 2.23. The highest BCUT2D eigenvalue weighted by Crippen LogP contribution is 2.25. The number of benzene rings is 1. The molecule has 1 aliphatic heterocycles. The average Bonchev–Trinajstić information content (AvgIpc) is 2.40. The Balaban J connectivity index is 2.16. The fourth-order valence-corrected chi connectivity index (χ4v) is 2.23. The second-order valence-corrected chi connectivity index (χ2v) is 4.92. The number of hydrogen-bond acceptors (Lipinski definition) is 4. The molecule has 0 saturated carbocycles. The monoisotopic (exact) mass is 260 g/mol. The van der Waals surface area contributed by atoms with E-state index < -0.39 is 0 Å². The van der Waals surface area contributed by atoms with Crippen molar-refractivity contribution in [2.45, 2.75) is 26.0 Å². The minimum Gasteiger partial charge on any atom is -0.491 e. The van der Waals surface area contributed by atoms with Gasteiger partial charge in [0.1, 0.15) is 11.8 Å². The lowest BCUT2D eigenvalue weighted by Crippen LogP contribution is -2.38. The smallest absolute Gasteiger partial charge is 0.124 e. The minimum atomic E-state index is -0.223. The maximum atomic E-state index is 9.43. The first kappa shape index (κ1) is 13.9. The molecule has 1 heterocycles. The van der Waals surface area contributed by atoms with Gasteiger partial charge in [-0.05, 0) is 31.5 Å². The predicted molar refractivity (Wildman–Crippen MR) is 73.0 cm³/mol. The van der Waals surface area contributed by atoms with Crippen molar-refractivity contribution in [1.82, 2.24) is 4.90 Å². The molecule has 102 valence electrons.